The molecule has 1 nitrogen and oxygen atoms in total. The maximum absolute atomic E-state index is 10.5. The summed E-state index contributed by atoms with van der Waals surface area (Å²) in [7, 11) is 0. The second-order valence-electron chi connectivity index (χ2n) is 8.56. The Morgan fingerprint density at radius 1 is 0.520 bits per heavy atom. The molecule has 0 saturated heterocycles. The monoisotopic (exact) mass is 462 g/mol. The van der Waals surface area contributed by atoms with Gasteiger partial charge >= 0.3 is 165 Å². The van der Waals surface area contributed by atoms with Crippen molar-refractivity contribution in [3.63, 3.8) is 0 Å². The van der Waals surface area contributed by atoms with E-state index in [0.717, 1.165) is 12.8 Å². The van der Waals surface area contributed by atoms with Crippen LogP contribution in [0.25, 0.3) is 0 Å². The molecule has 0 amide bonds. The third-order valence-corrected chi connectivity index (χ3v) is 22.0. The average molecular weight is 461 g/mol. The van der Waals surface area contributed by atoms with Gasteiger partial charge in [-0.1, -0.05) is 0 Å². The Morgan fingerprint density at radius 3 is 1.44 bits per heavy atom. The van der Waals surface area contributed by atoms with E-state index in [-0.39, 0.29) is 6.10 Å². The Kier molecular flexibility index (Phi) is 18.7. The standard InChI is InChI=1S/C11H23O.3C4H9.Sn/c1-3-5-6-7-8-9-10-11(12)4-2;3*1-3-4-2;/h11-12H,2-10H2,1H3;3*1,3-4H2,2H3;/t11-;;;;/m1..../s1. The quantitative estimate of drug-likeness (QED) is 0.151. The van der Waals surface area contributed by atoms with Crippen LogP contribution in [0.2, 0.25) is 17.7 Å². The van der Waals surface area contributed by atoms with Crippen LogP contribution in [0.15, 0.2) is 0 Å². The maximum atomic E-state index is 10.5. The summed E-state index contributed by atoms with van der Waals surface area (Å²) in [5.74, 6) is 0. The number of unbranched alkanes of at least 4 members (excludes halogenated alkanes) is 8. The molecule has 1 atom stereocenters. The average Bonchev–Trinajstić information content (AvgIpc) is 2.63. The van der Waals surface area contributed by atoms with Gasteiger partial charge in [-0.3, -0.25) is 0 Å². The Balaban J connectivity index is 4.30. The van der Waals surface area contributed by atoms with Gasteiger partial charge in [-0.2, -0.15) is 0 Å². The molecule has 0 fully saturated rings. The predicted octanol–water partition coefficient (Wildman–Crippen LogP) is 8.34. The van der Waals surface area contributed by atoms with E-state index in [9.17, 15) is 5.11 Å². The molecular formula is C23H50OSn. The zero-order valence-corrected chi connectivity index (χ0v) is 21.1. The first-order chi connectivity index (χ1) is 12.1. The van der Waals surface area contributed by atoms with E-state index >= 15 is 0 Å². The number of hydrogen-bond donors (Lipinski definition) is 1. The van der Waals surface area contributed by atoms with E-state index in [1.165, 1.54) is 81.5 Å². The molecule has 0 bridgehead atoms. The molecule has 0 spiro atoms. The van der Waals surface area contributed by atoms with E-state index < -0.39 is 18.4 Å². The predicted molar refractivity (Wildman–Crippen MR) is 118 cm³/mol. The van der Waals surface area contributed by atoms with Gasteiger partial charge in [0.15, 0.2) is 0 Å². The fourth-order valence-corrected chi connectivity index (χ4v) is 20.6. The van der Waals surface area contributed by atoms with Crippen LogP contribution in [0.5, 0.6) is 0 Å². The van der Waals surface area contributed by atoms with Crippen molar-refractivity contribution in [3.8, 4) is 0 Å². The molecule has 0 aromatic rings. The van der Waals surface area contributed by atoms with Crippen molar-refractivity contribution in [2.45, 2.75) is 141 Å². The zero-order chi connectivity index (χ0) is 18.8. The minimum absolute atomic E-state index is 0.00729. The van der Waals surface area contributed by atoms with Gasteiger partial charge in [0, 0.05) is 0 Å². The van der Waals surface area contributed by atoms with E-state index in [2.05, 4.69) is 27.7 Å². The fraction of sp³-hybridized carbons (Fsp3) is 1.00. The van der Waals surface area contributed by atoms with Gasteiger partial charge in [-0.05, 0) is 0 Å². The molecule has 0 rings (SSSR count). The molecule has 0 aliphatic rings. The van der Waals surface area contributed by atoms with Crippen LogP contribution < -0.4 is 0 Å². The SMILES string of the molecule is CCCCCCCC[C@H](O)C[CH2][Sn]([CH2]CCC)([CH2]CCC)[CH2]CCC. The van der Waals surface area contributed by atoms with Gasteiger partial charge in [0.2, 0.25) is 0 Å². The van der Waals surface area contributed by atoms with E-state index in [0.29, 0.717) is 0 Å². The molecule has 152 valence electrons. The normalized spacial score (nSPS) is 13.3. The van der Waals surface area contributed by atoms with Crippen molar-refractivity contribution in [1.29, 1.82) is 0 Å². The Morgan fingerprint density at radius 2 is 0.960 bits per heavy atom. The molecule has 0 radical (unpaired) electrons. The molecule has 25 heavy (non-hydrogen) atoms. The molecule has 2 heteroatoms. The second kappa shape index (κ2) is 18.1. The van der Waals surface area contributed by atoms with Gasteiger partial charge in [-0.15, -0.1) is 0 Å². The van der Waals surface area contributed by atoms with Crippen molar-refractivity contribution in [2.75, 3.05) is 0 Å². The third kappa shape index (κ3) is 14.5. The molecule has 0 saturated carbocycles. The molecule has 0 aromatic carbocycles. The van der Waals surface area contributed by atoms with Gasteiger partial charge in [0.05, 0.1) is 0 Å². The first kappa shape index (κ1) is 25.8. The van der Waals surface area contributed by atoms with Crippen molar-refractivity contribution >= 4 is 18.4 Å². The molecule has 1 N–H and O–H groups in total. The summed E-state index contributed by atoms with van der Waals surface area (Å²) in [6.07, 6.45) is 18.6. The number of aliphatic hydroxyl groups is 1. The van der Waals surface area contributed by atoms with Crippen LogP contribution in [0.1, 0.15) is 118 Å². The summed E-state index contributed by atoms with van der Waals surface area (Å²) in [5, 5.41) is 10.5. The topological polar surface area (TPSA) is 20.2 Å². The van der Waals surface area contributed by atoms with Gasteiger partial charge < -0.3 is 0 Å². The van der Waals surface area contributed by atoms with Gasteiger partial charge in [0.25, 0.3) is 0 Å². The summed E-state index contributed by atoms with van der Waals surface area (Å²) in [4.78, 5) is 0. The van der Waals surface area contributed by atoms with Crippen LogP contribution in [0.4, 0.5) is 0 Å². The first-order valence-electron chi connectivity index (χ1n) is 11.8. The first-order valence-corrected chi connectivity index (χ1v) is 19.9. The van der Waals surface area contributed by atoms with E-state index in [1.54, 1.807) is 13.3 Å². The van der Waals surface area contributed by atoms with Crippen LogP contribution >= 0.6 is 0 Å². The molecule has 0 heterocycles. The number of rotatable bonds is 19. The van der Waals surface area contributed by atoms with Crippen molar-refractivity contribution < 1.29 is 5.11 Å². The zero-order valence-electron chi connectivity index (χ0n) is 18.3. The Bertz CT molecular complexity index is 245. The minimum atomic E-state index is -2.00. The summed E-state index contributed by atoms with van der Waals surface area (Å²) in [6.45, 7) is 9.33. The summed E-state index contributed by atoms with van der Waals surface area (Å²) >= 11 is -2.00. The van der Waals surface area contributed by atoms with E-state index in [4.69, 9.17) is 0 Å². The molecule has 0 aliphatic carbocycles. The number of hydrogen-bond acceptors (Lipinski definition) is 1. The summed E-state index contributed by atoms with van der Waals surface area (Å²) in [5.41, 5.74) is 0. The summed E-state index contributed by atoms with van der Waals surface area (Å²) in [6, 6.07) is 0. The summed E-state index contributed by atoms with van der Waals surface area (Å²) < 4.78 is 6.24. The third-order valence-electron chi connectivity index (χ3n) is 6.08. The van der Waals surface area contributed by atoms with Gasteiger partial charge in [0.1, 0.15) is 0 Å². The second-order valence-corrected chi connectivity index (χ2v) is 22.8. The number of aliphatic hydroxyl groups excluding tert-OH is 1. The van der Waals surface area contributed by atoms with Crippen LogP contribution in [0, 0.1) is 0 Å². The van der Waals surface area contributed by atoms with Crippen LogP contribution in [0.3, 0.4) is 0 Å². The Hall–Kier alpha value is 0.759. The Labute approximate surface area is 164 Å². The molecule has 0 aromatic heterocycles. The van der Waals surface area contributed by atoms with Crippen LogP contribution in [-0.2, 0) is 0 Å². The molecule has 0 aliphatic heterocycles. The van der Waals surface area contributed by atoms with E-state index in [1.807, 2.05) is 0 Å². The van der Waals surface area contributed by atoms with Crippen molar-refractivity contribution in [2.24, 2.45) is 0 Å². The van der Waals surface area contributed by atoms with Gasteiger partial charge in [-0.25, -0.2) is 0 Å². The molecule has 0 unspecified atom stereocenters. The molecular weight excluding hydrogens is 411 g/mol. The van der Waals surface area contributed by atoms with Crippen molar-refractivity contribution in [3.05, 3.63) is 0 Å². The fourth-order valence-electron chi connectivity index (χ4n) is 4.18. The van der Waals surface area contributed by atoms with Crippen molar-refractivity contribution in [1.82, 2.24) is 0 Å². The van der Waals surface area contributed by atoms with Crippen LogP contribution in [-0.4, -0.2) is 29.6 Å².